The highest BCUT2D eigenvalue weighted by atomic mass is 35.5. The van der Waals surface area contributed by atoms with E-state index in [1.807, 2.05) is 18.2 Å². The average Bonchev–Trinajstić information content (AvgIpc) is 2.68. The van der Waals surface area contributed by atoms with Crippen molar-refractivity contribution in [1.82, 2.24) is 9.80 Å². The largest absolute Gasteiger partial charge is 0.336 e. The van der Waals surface area contributed by atoms with Crippen molar-refractivity contribution < 1.29 is 13.2 Å². The molecule has 1 aliphatic rings. The predicted octanol–water partition coefficient (Wildman–Crippen LogP) is 3.21. The van der Waals surface area contributed by atoms with E-state index < -0.39 is 9.84 Å². The SMILES string of the molecule is CS(=O)(=O)c1ccc(Cl)c(C(=O)N2CCN(C/C=C/c3ccccc3)CC2)c1. The van der Waals surface area contributed by atoms with Crippen LogP contribution in [-0.4, -0.2) is 63.1 Å². The maximum atomic E-state index is 12.8. The van der Waals surface area contributed by atoms with E-state index in [1.54, 1.807) is 4.90 Å². The Morgan fingerprint density at radius 2 is 1.75 bits per heavy atom. The Morgan fingerprint density at radius 1 is 1.07 bits per heavy atom. The second-order valence-electron chi connectivity index (χ2n) is 6.82. The number of carbonyl (C=O) groups is 1. The van der Waals surface area contributed by atoms with E-state index in [-0.39, 0.29) is 21.4 Å². The zero-order valence-corrected chi connectivity index (χ0v) is 17.3. The first-order valence-electron chi connectivity index (χ1n) is 9.07. The van der Waals surface area contributed by atoms with Crippen LogP contribution in [0.15, 0.2) is 59.5 Å². The number of hydrogen-bond donors (Lipinski definition) is 0. The van der Waals surface area contributed by atoms with E-state index >= 15 is 0 Å². The topological polar surface area (TPSA) is 57.7 Å². The lowest BCUT2D eigenvalue weighted by molar-refractivity contribution is 0.0650. The molecule has 0 aromatic heterocycles. The molecule has 3 rings (SSSR count). The number of benzene rings is 2. The minimum Gasteiger partial charge on any atom is -0.336 e. The van der Waals surface area contributed by atoms with E-state index in [4.69, 9.17) is 11.6 Å². The molecule has 7 heteroatoms. The lowest BCUT2D eigenvalue weighted by Crippen LogP contribution is -2.48. The summed E-state index contributed by atoms with van der Waals surface area (Å²) in [5.41, 5.74) is 1.40. The predicted molar refractivity (Wildman–Crippen MR) is 112 cm³/mol. The molecule has 0 spiro atoms. The van der Waals surface area contributed by atoms with E-state index in [0.29, 0.717) is 13.1 Å². The number of hydrogen-bond acceptors (Lipinski definition) is 4. The van der Waals surface area contributed by atoms with Gasteiger partial charge in [0.05, 0.1) is 15.5 Å². The molecule has 0 bridgehead atoms. The summed E-state index contributed by atoms with van der Waals surface area (Å²) >= 11 is 6.15. The molecule has 0 saturated carbocycles. The van der Waals surface area contributed by atoms with E-state index in [1.165, 1.54) is 18.2 Å². The molecule has 0 N–H and O–H groups in total. The van der Waals surface area contributed by atoms with Crippen molar-refractivity contribution in [1.29, 1.82) is 0 Å². The molecule has 148 valence electrons. The van der Waals surface area contributed by atoms with Gasteiger partial charge in [0.15, 0.2) is 9.84 Å². The quantitative estimate of drug-likeness (QED) is 0.748. The lowest BCUT2D eigenvalue weighted by atomic mass is 10.1. The number of nitrogens with zero attached hydrogens (tertiary/aromatic N) is 2. The molecule has 1 saturated heterocycles. The van der Waals surface area contributed by atoms with Crippen LogP contribution in [0.3, 0.4) is 0 Å². The summed E-state index contributed by atoms with van der Waals surface area (Å²) in [6.45, 7) is 3.50. The smallest absolute Gasteiger partial charge is 0.255 e. The molecular weight excluding hydrogens is 396 g/mol. The molecule has 1 amide bonds. The van der Waals surface area contributed by atoms with Gasteiger partial charge in [0.1, 0.15) is 0 Å². The molecule has 1 aliphatic heterocycles. The summed E-state index contributed by atoms with van der Waals surface area (Å²) in [4.78, 5) is 16.9. The third kappa shape index (κ3) is 5.22. The summed E-state index contributed by atoms with van der Waals surface area (Å²) in [6, 6.07) is 14.4. The van der Waals surface area contributed by atoms with Crippen molar-refractivity contribution in [2.45, 2.75) is 4.90 Å². The van der Waals surface area contributed by atoms with Crippen LogP contribution in [0, 0.1) is 0 Å². The van der Waals surface area contributed by atoms with Crippen molar-refractivity contribution in [3.63, 3.8) is 0 Å². The van der Waals surface area contributed by atoms with Gasteiger partial charge in [0, 0.05) is 39.0 Å². The molecule has 5 nitrogen and oxygen atoms in total. The monoisotopic (exact) mass is 418 g/mol. The number of amides is 1. The molecule has 1 heterocycles. The minimum atomic E-state index is -3.39. The molecule has 0 radical (unpaired) electrons. The van der Waals surface area contributed by atoms with Crippen LogP contribution in [0.25, 0.3) is 6.08 Å². The molecule has 0 atom stereocenters. The van der Waals surface area contributed by atoms with Crippen LogP contribution >= 0.6 is 11.6 Å². The Balaban J connectivity index is 1.59. The van der Waals surface area contributed by atoms with Crippen LogP contribution in [0.2, 0.25) is 5.02 Å². The molecular formula is C21H23ClN2O3S. The van der Waals surface area contributed by atoms with Crippen molar-refractivity contribution in [2.24, 2.45) is 0 Å². The second kappa shape index (κ2) is 8.90. The number of rotatable bonds is 5. The molecule has 2 aromatic rings. The van der Waals surface area contributed by atoms with Gasteiger partial charge >= 0.3 is 0 Å². The van der Waals surface area contributed by atoms with Crippen LogP contribution in [0.5, 0.6) is 0 Å². The van der Waals surface area contributed by atoms with Crippen molar-refractivity contribution in [3.05, 3.63) is 70.8 Å². The maximum Gasteiger partial charge on any atom is 0.255 e. The molecule has 0 aliphatic carbocycles. The molecule has 1 fully saturated rings. The lowest BCUT2D eigenvalue weighted by Gasteiger charge is -2.34. The van der Waals surface area contributed by atoms with Crippen LogP contribution < -0.4 is 0 Å². The van der Waals surface area contributed by atoms with Gasteiger partial charge < -0.3 is 4.90 Å². The van der Waals surface area contributed by atoms with Gasteiger partial charge in [-0.25, -0.2) is 8.42 Å². The van der Waals surface area contributed by atoms with Gasteiger partial charge in [-0.2, -0.15) is 0 Å². The summed E-state index contributed by atoms with van der Waals surface area (Å²) in [6.07, 6.45) is 5.33. The molecule has 0 unspecified atom stereocenters. The van der Waals surface area contributed by atoms with Gasteiger partial charge in [-0.05, 0) is 23.8 Å². The summed E-state index contributed by atoms with van der Waals surface area (Å²) < 4.78 is 23.5. The third-order valence-corrected chi connectivity index (χ3v) is 6.17. The third-order valence-electron chi connectivity index (χ3n) is 4.73. The second-order valence-corrected chi connectivity index (χ2v) is 9.24. The Morgan fingerprint density at radius 3 is 2.39 bits per heavy atom. The maximum absolute atomic E-state index is 12.8. The highest BCUT2D eigenvalue weighted by Gasteiger charge is 2.24. The van der Waals surface area contributed by atoms with Gasteiger partial charge in [-0.3, -0.25) is 9.69 Å². The van der Waals surface area contributed by atoms with Crippen LogP contribution in [-0.2, 0) is 9.84 Å². The summed E-state index contributed by atoms with van der Waals surface area (Å²) in [5, 5.41) is 0.269. The first kappa shape index (κ1) is 20.6. The Kier molecular flexibility index (Phi) is 6.54. The van der Waals surface area contributed by atoms with Crippen LogP contribution in [0.4, 0.5) is 0 Å². The first-order chi connectivity index (χ1) is 13.3. The number of piperazine rings is 1. The normalized spacial score (nSPS) is 15.9. The zero-order valence-electron chi connectivity index (χ0n) is 15.7. The minimum absolute atomic E-state index is 0.102. The molecule has 2 aromatic carbocycles. The van der Waals surface area contributed by atoms with Crippen molar-refractivity contribution >= 4 is 33.4 Å². The number of halogens is 1. The standard InChI is InChI=1S/C21H23ClN2O3S/c1-28(26,27)18-9-10-20(22)19(16-18)21(25)24-14-12-23(13-15-24)11-5-8-17-6-3-2-4-7-17/h2-10,16H,11-15H2,1H3/b8-5+. The Labute approximate surface area is 171 Å². The highest BCUT2D eigenvalue weighted by Crippen LogP contribution is 2.22. The fourth-order valence-electron chi connectivity index (χ4n) is 3.10. The average molecular weight is 419 g/mol. The van der Waals surface area contributed by atoms with Crippen molar-refractivity contribution in [3.8, 4) is 0 Å². The van der Waals surface area contributed by atoms with Gasteiger partial charge in [0.25, 0.3) is 5.91 Å². The number of carbonyl (C=O) groups excluding carboxylic acids is 1. The molecule has 28 heavy (non-hydrogen) atoms. The summed E-state index contributed by atoms with van der Waals surface area (Å²) in [7, 11) is -3.39. The fraction of sp³-hybridized carbons (Fsp3) is 0.286. The van der Waals surface area contributed by atoms with E-state index in [9.17, 15) is 13.2 Å². The zero-order chi connectivity index (χ0) is 20.1. The summed E-state index contributed by atoms with van der Waals surface area (Å²) in [5.74, 6) is -0.227. The number of sulfone groups is 1. The fourth-order valence-corrected chi connectivity index (χ4v) is 3.95. The Hall–Kier alpha value is -2.15. The van der Waals surface area contributed by atoms with Crippen LogP contribution in [0.1, 0.15) is 15.9 Å². The van der Waals surface area contributed by atoms with E-state index in [0.717, 1.165) is 31.5 Å². The first-order valence-corrected chi connectivity index (χ1v) is 11.3. The van der Waals surface area contributed by atoms with Gasteiger partial charge in [-0.1, -0.05) is 54.1 Å². The van der Waals surface area contributed by atoms with E-state index in [2.05, 4.69) is 29.2 Å². The Bertz CT molecular complexity index is 966. The highest BCUT2D eigenvalue weighted by molar-refractivity contribution is 7.90. The van der Waals surface area contributed by atoms with Gasteiger partial charge in [0.2, 0.25) is 0 Å². The van der Waals surface area contributed by atoms with Gasteiger partial charge in [-0.15, -0.1) is 0 Å². The van der Waals surface area contributed by atoms with Crippen molar-refractivity contribution in [2.75, 3.05) is 39.0 Å².